The molecular formula is C19H16N2O2. The number of hydrogen-bond donors (Lipinski definition) is 1. The molecule has 0 fully saturated rings. The van der Waals surface area contributed by atoms with Gasteiger partial charge in [-0.2, -0.15) is 5.26 Å². The highest BCUT2D eigenvalue weighted by Crippen LogP contribution is 2.11. The van der Waals surface area contributed by atoms with Crippen LogP contribution in [0.3, 0.4) is 0 Å². The molecule has 0 aliphatic carbocycles. The normalized spacial score (nSPS) is 9.22. The van der Waals surface area contributed by atoms with Crippen LogP contribution in [0.25, 0.3) is 0 Å². The van der Waals surface area contributed by atoms with E-state index in [1.807, 2.05) is 49.4 Å². The molecule has 23 heavy (non-hydrogen) atoms. The summed E-state index contributed by atoms with van der Waals surface area (Å²) in [7, 11) is 0. The maximum atomic E-state index is 11.6. The van der Waals surface area contributed by atoms with Crippen molar-refractivity contribution in [2.75, 3.05) is 6.54 Å². The third-order valence-corrected chi connectivity index (χ3v) is 3.14. The number of amides is 1. The van der Waals surface area contributed by atoms with Gasteiger partial charge in [-0.15, -0.1) is 0 Å². The third-order valence-electron chi connectivity index (χ3n) is 3.14. The second-order valence-electron chi connectivity index (χ2n) is 4.83. The van der Waals surface area contributed by atoms with E-state index in [2.05, 4.69) is 23.2 Å². The van der Waals surface area contributed by atoms with E-state index in [0.29, 0.717) is 11.1 Å². The summed E-state index contributed by atoms with van der Waals surface area (Å²) >= 11 is 0. The Labute approximate surface area is 135 Å². The second-order valence-corrected chi connectivity index (χ2v) is 4.83. The lowest BCUT2D eigenvalue weighted by molar-refractivity contribution is 0.141. The van der Waals surface area contributed by atoms with Crippen molar-refractivity contribution in [1.29, 1.82) is 5.26 Å². The number of nitriles is 1. The zero-order valence-corrected chi connectivity index (χ0v) is 12.8. The lowest BCUT2D eigenvalue weighted by Crippen LogP contribution is -2.24. The second kappa shape index (κ2) is 8.26. The van der Waals surface area contributed by atoms with Crippen molar-refractivity contribution in [3.63, 3.8) is 0 Å². The Bertz CT molecular complexity index is 780. The van der Waals surface area contributed by atoms with Crippen molar-refractivity contribution in [2.24, 2.45) is 0 Å². The van der Waals surface area contributed by atoms with E-state index in [4.69, 9.17) is 10.00 Å². The van der Waals surface area contributed by atoms with Gasteiger partial charge in [-0.05, 0) is 24.1 Å². The van der Waals surface area contributed by atoms with Gasteiger partial charge in [0.1, 0.15) is 12.7 Å². The Hall–Kier alpha value is -3.24. The van der Waals surface area contributed by atoms with E-state index in [1.165, 1.54) is 0 Å². The predicted molar refractivity (Wildman–Crippen MR) is 87.4 cm³/mol. The standard InChI is InChI=1S/C19H16N2O2/c1-15-7-5-10-17(13-20)18(15)11-6-12-21-19(22)23-14-16-8-3-2-4-9-16/h2-5,7-10H,12,14H2,1H3,(H,21,22). The number of rotatable bonds is 3. The molecule has 0 bridgehead atoms. The van der Waals surface area contributed by atoms with Crippen LogP contribution in [0.1, 0.15) is 22.3 Å². The average molecular weight is 304 g/mol. The summed E-state index contributed by atoms with van der Waals surface area (Å²) in [6, 6.07) is 17.0. The van der Waals surface area contributed by atoms with E-state index in [9.17, 15) is 4.79 Å². The first-order chi connectivity index (χ1) is 11.2. The highest BCUT2D eigenvalue weighted by Gasteiger charge is 2.02. The molecule has 1 amide bonds. The molecular weight excluding hydrogens is 288 g/mol. The van der Waals surface area contributed by atoms with Crippen LogP contribution in [0.4, 0.5) is 4.79 Å². The Balaban J connectivity index is 1.84. The Kier molecular flexibility index (Phi) is 5.80. The molecule has 0 atom stereocenters. The van der Waals surface area contributed by atoms with E-state index >= 15 is 0 Å². The van der Waals surface area contributed by atoms with Gasteiger partial charge in [0.15, 0.2) is 0 Å². The highest BCUT2D eigenvalue weighted by atomic mass is 16.5. The van der Waals surface area contributed by atoms with E-state index in [-0.39, 0.29) is 13.2 Å². The number of aryl methyl sites for hydroxylation is 1. The Morgan fingerprint density at radius 2 is 1.96 bits per heavy atom. The summed E-state index contributed by atoms with van der Waals surface area (Å²) in [5.41, 5.74) is 3.08. The van der Waals surface area contributed by atoms with Gasteiger partial charge in [0.25, 0.3) is 0 Å². The fraction of sp³-hybridized carbons (Fsp3) is 0.158. The molecule has 4 nitrogen and oxygen atoms in total. The number of nitrogens with zero attached hydrogens (tertiary/aromatic N) is 1. The van der Waals surface area contributed by atoms with Crippen LogP contribution < -0.4 is 5.32 Å². The van der Waals surface area contributed by atoms with Crippen molar-refractivity contribution in [2.45, 2.75) is 13.5 Å². The minimum atomic E-state index is -0.520. The fourth-order valence-electron chi connectivity index (χ4n) is 1.95. The molecule has 0 saturated heterocycles. The number of carbonyl (C=O) groups excluding carboxylic acids is 1. The van der Waals surface area contributed by atoms with Crippen molar-refractivity contribution >= 4 is 6.09 Å². The van der Waals surface area contributed by atoms with Gasteiger partial charge in [-0.25, -0.2) is 4.79 Å². The van der Waals surface area contributed by atoms with Crippen molar-refractivity contribution < 1.29 is 9.53 Å². The number of carbonyl (C=O) groups is 1. The number of benzene rings is 2. The molecule has 0 saturated carbocycles. The Morgan fingerprint density at radius 1 is 1.17 bits per heavy atom. The largest absolute Gasteiger partial charge is 0.445 e. The molecule has 1 N–H and O–H groups in total. The van der Waals surface area contributed by atoms with E-state index in [1.54, 1.807) is 6.07 Å². The van der Waals surface area contributed by atoms with Gasteiger partial charge in [-0.1, -0.05) is 54.3 Å². The van der Waals surface area contributed by atoms with Crippen LogP contribution in [0.5, 0.6) is 0 Å². The number of hydrogen-bond acceptors (Lipinski definition) is 3. The summed E-state index contributed by atoms with van der Waals surface area (Å²) in [6.45, 7) is 2.27. The summed E-state index contributed by atoms with van der Waals surface area (Å²) in [4.78, 5) is 11.6. The lowest BCUT2D eigenvalue weighted by atomic mass is 10.0. The van der Waals surface area contributed by atoms with Crippen molar-refractivity contribution in [3.8, 4) is 17.9 Å². The average Bonchev–Trinajstić information content (AvgIpc) is 2.58. The Morgan fingerprint density at radius 3 is 2.70 bits per heavy atom. The van der Waals surface area contributed by atoms with E-state index in [0.717, 1.165) is 11.1 Å². The highest BCUT2D eigenvalue weighted by molar-refractivity contribution is 5.67. The van der Waals surface area contributed by atoms with Crippen molar-refractivity contribution in [3.05, 3.63) is 70.8 Å². The summed E-state index contributed by atoms with van der Waals surface area (Å²) in [5, 5.41) is 11.6. The molecule has 0 aliphatic rings. The smallest absolute Gasteiger partial charge is 0.408 e. The summed E-state index contributed by atoms with van der Waals surface area (Å²) < 4.78 is 5.08. The molecule has 0 spiro atoms. The summed E-state index contributed by atoms with van der Waals surface area (Å²) in [6.07, 6.45) is -0.520. The van der Waals surface area contributed by atoms with Gasteiger partial charge in [-0.3, -0.25) is 0 Å². The molecule has 114 valence electrons. The van der Waals surface area contributed by atoms with Gasteiger partial charge in [0.2, 0.25) is 0 Å². The van der Waals surface area contributed by atoms with Crippen LogP contribution in [-0.2, 0) is 11.3 Å². The zero-order chi connectivity index (χ0) is 16.5. The van der Waals surface area contributed by atoms with Crippen LogP contribution >= 0.6 is 0 Å². The molecule has 0 aromatic heterocycles. The first-order valence-corrected chi connectivity index (χ1v) is 7.14. The van der Waals surface area contributed by atoms with Gasteiger partial charge in [0, 0.05) is 5.56 Å². The third kappa shape index (κ3) is 4.91. The predicted octanol–water partition coefficient (Wildman–Crippen LogP) is 3.14. The zero-order valence-electron chi connectivity index (χ0n) is 12.8. The van der Waals surface area contributed by atoms with Crippen LogP contribution in [0.15, 0.2) is 48.5 Å². The van der Waals surface area contributed by atoms with Crippen LogP contribution in [-0.4, -0.2) is 12.6 Å². The molecule has 0 radical (unpaired) electrons. The van der Waals surface area contributed by atoms with Crippen molar-refractivity contribution in [1.82, 2.24) is 5.32 Å². The monoisotopic (exact) mass is 304 g/mol. The first kappa shape index (κ1) is 16.1. The minimum Gasteiger partial charge on any atom is -0.445 e. The number of ether oxygens (including phenoxy) is 1. The molecule has 2 aromatic rings. The molecule has 2 rings (SSSR count). The number of alkyl carbamates (subject to hydrolysis) is 1. The van der Waals surface area contributed by atoms with Gasteiger partial charge in [0.05, 0.1) is 12.1 Å². The maximum Gasteiger partial charge on any atom is 0.408 e. The number of nitrogens with one attached hydrogen (secondary N) is 1. The lowest BCUT2D eigenvalue weighted by Gasteiger charge is -2.04. The van der Waals surface area contributed by atoms with Gasteiger partial charge < -0.3 is 10.1 Å². The molecule has 0 heterocycles. The molecule has 0 unspecified atom stereocenters. The quantitative estimate of drug-likeness (QED) is 0.886. The molecule has 2 aromatic carbocycles. The summed E-state index contributed by atoms with van der Waals surface area (Å²) in [5.74, 6) is 5.75. The SMILES string of the molecule is Cc1cccc(C#N)c1C#CCNC(=O)OCc1ccccc1. The van der Waals surface area contributed by atoms with E-state index < -0.39 is 6.09 Å². The molecule has 0 aliphatic heterocycles. The minimum absolute atomic E-state index is 0.160. The maximum absolute atomic E-state index is 11.6. The first-order valence-electron chi connectivity index (χ1n) is 7.14. The van der Waals surface area contributed by atoms with Gasteiger partial charge >= 0.3 is 6.09 Å². The molecule has 4 heteroatoms. The van der Waals surface area contributed by atoms with Crippen LogP contribution in [0.2, 0.25) is 0 Å². The fourth-order valence-corrected chi connectivity index (χ4v) is 1.95. The topological polar surface area (TPSA) is 62.1 Å². The van der Waals surface area contributed by atoms with Crippen LogP contribution in [0, 0.1) is 30.1 Å².